The van der Waals surface area contributed by atoms with Gasteiger partial charge in [-0.3, -0.25) is 18.8 Å². The molecular formula is C15H23N5O2. The Morgan fingerprint density at radius 3 is 2.41 bits per heavy atom. The molecule has 1 N–H and O–H groups in total. The second-order valence-corrected chi connectivity index (χ2v) is 6.73. The van der Waals surface area contributed by atoms with E-state index in [1.165, 1.54) is 18.0 Å². The Bertz CT molecular complexity index is 806. The lowest BCUT2D eigenvalue weighted by atomic mass is 9.92. The van der Waals surface area contributed by atoms with Gasteiger partial charge >= 0.3 is 5.69 Å². The van der Waals surface area contributed by atoms with Gasteiger partial charge in [0, 0.05) is 27.2 Å². The number of fused-ring (bicyclic) bond motifs is 1. The van der Waals surface area contributed by atoms with Crippen LogP contribution < -0.4 is 11.2 Å². The van der Waals surface area contributed by atoms with Crippen molar-refractivity contribution in [2.75, 3.05) is 13.1 Å². The van der Waals surface area contributed by atoms with Gasteiger partial charge in [-0.2, -0.15) is 0 Å². The zero-order valence-electron chi connectivity index (χ0n) is 13.6. The molecule has 2 aromatic heterocycles. The molecule has 0 saturated carbocycles. The number of likely N-dealkylation sites (tertiary alicyclic amines) is 1. The number of nitrogens with zero attached hydrogens (tertiary/aromatic N) is 4. The third-order valence-electron chi connectivity index (χ3n) is 4.46. The second-order valence-electron chi connectivity index (χ2n) is 6.73. The minimum absolute atomic E-state index is 0.322. The third-order valence-corrected chi connectivity index (χ3v) is 4.46. The topological polar surface area (TPSA) is 75.9 Å². The molecule has 2 atom stereocenters. The van der Waals surface area contributed by atoms with Crippen LogP contribution in [0.5, 0.6) is 0 Å². The molecule has 0 aliphatic carbocycles. The number of nitrogens with one attached hydrogen (secondary N) is 1. The highest BCUT2D eigenvalue weighted by molar-refractivity contribution is 5.69. The van der Waals surface area contributed by atoms with Crippen LogP contribution in [0.1, 0.15) is 26.1 Å². The standard InChI is InChI=1S/C15H23N5O2/c1-9-5-10(2)7-20(6-9)8-11-16-12-13(17-11)18(3)15(22)19(4)14(12)21/h9-10H,5-8H2,1-4H3,(H,16,17)/t9-,10-/m0/s1. The SMILES string of the molecule is C[C@H]1C[C@H](C)CN(Cc2nc3c([nH]2)c(=O)n(C)c(=O)n3C)C1. The number of aromatic amines is 1. The van der Waals surface area contributed by atoms with E-state index in [-0.39, 0.29) is 11.2 Å². The van der Waals surface area contributed by atoms with Gasteiger partial charge in [-0.25, -0.2) is 9.78 Å². The smallest absolute Gasteiger partial charge is 0.332 e. The van der Waals surface area contributed by atoms with E-state index < -0.39 is 0 Å². The molecular weight excluding hydrogens is 282 g/mol. The zero-order chi connectivity index (χ0) is 16.0. The Labute approximate surface area is 128 Å². The highest BCUT2D eigenvalue weighted by Crippen LogP contribution is 2.22. The van der Waals surface area contributed by atoms with Gasteiger partial charge in [0.25, 0.3) is 5.56 Å². The Balaban J connectivity index is 1.96. The van der Waals surface area contributed by atoms with Crippen molar-refractivity contribution in [3.05, 3.63) is 26.7 Å². The summed E-state index contributed by atoms with van der Waals surface area (Å²) < 4.78 is 2.52. The van der Waals surface area contributed by atoms with Crippen LogP contribution >= 0.6 is 0 Å². The van der Waals surface area contributed by atoms with Crippen molar-refractivity contribution in [3.63, 3.8) is 0 Å². The van der Waals surface area contributed by atoms with Crippen molar-refractivity contribution < 1.29 is 0 Å². The summed E-state index contributed by atoms with van der Waals surface area (Å²) in [6.07, 6.45) is 1.26. The van der Waals surface area contributed by atoms with Gasteiger partial charge < -0.3 is 4.98 Å². The first kappa shape index (κ1) is 15.0. The monoisotopic (exact) mass is 305 g/mol. The van der Waals surface area contributed by atoms with Gasteiger partial charge in [-0.05, 0) is 18.3 Å². The van der Waals surface area contributed by atoms with Gasteiger partial charge in [-0.15, -0.1) is 0 Å². The lowest BCUT2D eigenvalue weighted by molar-refractivity contribution is 0.132. The van der Waals surface area contributed by atoms with Crippen LogP contribution in [0.2, 0.25) is 0 Å². The van der Waals surface area contributed by atoms with Crippen LogP contribution in [0.3, 0.4) is 0 Å². The number of hydrogen-bond donors (Lipinski definition) is 1. The van der Waals surface area contributed by atoms with E-state index in [9.17, 15) is 9.59 Å². The molecule has 0 bridgehead atoms. The van der Waals surface area contributed by atoms with Crippen molar-refractivity contribution in [2.45, 2.75) is 26.8 Å². The predicted octanol–water partition coefficient (Wildman–Crippen LogP) is 0.438. The molecule has 120 valence electrons. The average molecular weight is 305 g/mol. The Morgan fingerprint density at radius 2 is 1.77 bits per heavy atom. The highest BCUT2D eigenvalue weighted by Gasteiger charge is 2.23. The van der Waals surface area contributed by atoms with E-state index in [1.807, 2.05) is 0 Å². The van der Waals surface area contributed by atoms with E-state index in [1.54, 1.807) is 7.05 Å². The first-order valence-corrected chi connectivity index (χ1v) is 7.73. The number of rotatable bonds is 2. The van der Waals surface area contributed by atoms with Crippen LogP contribution in [0, 0.1) is 11.8 Å². The molecule has 0 unspecified atom stereocenters. The number of imidazole rings is 1. The summed E-state index contributed by atoms with van der Waals surface area (Å²) in [5, 5.41) is 0. The fourth-order valence-corrected chi connectivity index (χ4v) is 3.58. The van der Waals surface area contributed by atoms with Crippen molar-refractivity contribution in [1.82, 2.24) is 24.0 Å². The molecule has 0 spiro atoms. The molecule has 1 saturated heterocycles. The molecule has 0 amide bonds. The average Bonchev–Trinajstić information content (AvgIpc) is 2.85. The molecule has 22 heavy (non-hydrogen) atoms. The fourth-order valence-electron chi connectivity index (χ4n) is 3.58. The predicted molar refractivity (Wildman–Crippen MR) is 84.8 cm³/mol. The first-order chi connectivity index (χ1) is 10.4. The van der Waals surface area contributed by atoms with Crippen molar-refractivity contribution in [1.29, 1.82) is 0 Å². The minimum Gasteiger partial charge on any atom is -0.335 e. The van der Waals surface area contributed by atoms with Crippen molar-refractivity contribution in [2.24, 2.45) is 25.9 Å². The number of piperidine rings is 1. The van der Waals surface area contributed by atoms with E-state index in [0.29, 0.717) is 29.5 Å². The molecule has 3 heterocycles. The maximum Gasteiger partial charge on any atom is 0.332 e. The van der Waals surface area contributed by atoms with E-state index in [0.717, 1.165) is 23.5 Å². The van der Waals surface area contributed by atoms with Gasteiger partial charge in [0.1, 0.15) is 11.3 Å². The third kappa shape index (κ3) is 2.49. The molecule has 1 aliphatic heterocycles. The first-order valence-electron chi connectivity index (χ1n) is 7.73. The van der Waals surface area contributed by atoms with Crippen LogP contribution in [0.4, 0.5) is 0 Å². The Hall–Kier alpha value is -1.89. The summed E-state index contributed by atoms with van der Waals surface area (Å²) in [5.41, 5.74) is 0.159. The largest absolute Gasteiger partial charge is 0.335 e. The molecule has 1 fully saturated rings. The lowest BCUT2D eigenvalue weighted by Gasteiger charge is -2.34. The number of aryl methyl sites for hydroxylation is 1. The van der Waals surface area contributed by atoms with E-state index in [4.69, 9.17) is 0 Å². The normalized spacial score (nSPS) is 23.3. The summed E-state index contributed by atoms with van der Waals surface area (Å²) in [5.74, 6) is 2.09. The summed E-state index contributed by atoms with van der Waals surface area (Å²) in [6, 6.07) is 0. The van der Waals surface area contributed by atoms with Crippen LogP contribution in [-0.2, 0) is 20.6 Å². The fraction of sp³-hybridized carbons (Fsp3) is 0.667. The second kappa shape index (κ2) is 5.39. The Morgan fingerprint density at radius 1 is 1.14 bits per heavy atom. The molecule has 1 aliphatic rings. The summed E-state index contributed by atoms with van der Waals surface area (Å²) in [4.78, 5) is 34.1. The van der Waals surface area contributed by atoms with Crippen LogP contribution in [0.25, 0.3) is 11.2 Å². The molecule has 2 aromatic rings. The maximum absolute atomic E-state index is 12.2. The molecule has 7 heteroatoms. The lowest BCUT2D eigenvalue weighted by Crippen LogP contribution is -2.38. The van der Waals surface area contributed by atoms with Crippen LogP contribution in [0.15, 0.2) is 9.59 Å². The molecule has 7 nitrogen and oxygen atoms in total. The number of H-pyrrole nitrogens is 1. The van der Waals surface area contributed by atoms with Crippen LogP contribution in [-0.4, -0.2) is 37.1 Å². The minimum atomic E-state index is -0.351. The van der Waals surface area contributed by atoms with Gasteiger partial charge in [0.15, 0.2) is 5.65 Å². The maximum atomic E-state index is 12.2. The van der Waals surface area contributed by atoms with Gasteiger partial charge in [0.05, 0.1) is 6.54 Å². The van der Waals surface area contributed by atoms with E-state index >= 15 is 0 Å². The zero-order valence-corrected chi connectivity index (χ0v) is 13.6. The van der Waals surface area contributed by atoms with E-state index in [2.05, 4.69) is 28.7 Å². The summed E-state index contributed by atoms with van der Waals surface area (Å²) >= 11 is 0. The Kier molecular flexibility index (Phi) is 3.68. The number of hydrogen-bond acceptors (Lipinski definition) is 4. The molecule has 0 aromatic carbocycles. The quantitative estimate of drug-likeness (QED) is 0.873. The summed E-state index contributed by atoms with van der Waals surface area (Å²) in [7, 11) is 3.12. The van der Waals surface area contributed by atoms with Gasteiger partial charge in [0.2, 0.25) is 0 Å². The summed E-state index contributed by atoms with van der Waals surface area (Å²) in [6.45, 7) is 7.29. The van der Waals surface area contributed by atoms with Crippen molar-refractivity contribution >= 4 is 11.2 Å². The van der Waals surface area contributed by atoms with Crippen molar-refractivity contribution in [3.8, 4) is 0 Å². The number of aromatic nitrogens is 4. The highest BCUT2D eigenvalue weighted by atomic mass is 16.2. The molecule has 3 rings (SSSR count). The van der Waals surface area contributed by atoms with Gasteiger partial charge in [-0.1, -0.05) is 13.8 Å². The molecule has 0 radical (unpaired) electrons.